The predicted molar refractivity (Wildman–Crippen MR) is 185 cm³/mol. The van der Waals surface area contributed by atoms with Crippen molar-refractivity contribution in [2.24, 2.45) is 11.5 Å². The molecule has 3 aromatic rings. The second-order valence-electron chi connectivity index (χ2n) is 8.23. The Morgan fingerprint density at radius 2 is 1.40 bits per heavy atom. The van der Waals surface area contributed by atoms with E-state index in [0.717, 1.165) is 73.7 Å². The number of aromatic nitrogens is 2. The van der Waals surface area contributed by atoms with Crippen LogP contribution >= 0.6 is 0 Å². The van der Waals surface area contributed by atoms with E-state index in [1.54, 1.807) is 6.07 Å². The summed E-state index contributed by atoms with van der Waals surface area (Å²) in [6.07, 6.45) is 1.57. The average Bonchev–Trinajstić information content (AvgIpc) is 3.06. The SMILES string of the molecule is C=C(C)c1cc(CCc2ccc3oc4cccc5c4-c(n[nH]c5=C)c3c2)cc(C(N)=O)c1.CC.CC.CC.CC.CN. The molecule has 3 aromatic carbocycles. The molecule has 228 valence electrons. The number of carbonyl (C=O) groups is 1. The summed E-state index contributed by atoms with van der Waals surface area (Å²) in [7, 11) is 1.50. The highest BCUT2D eigenvalue weighted by atomic mass is 16.3. The van der Waals surface area contributed by atoms with Gasteiger partial charge in [-0.1, -0.05) is 98.4 Å². The minimum absolute atomic E-state index is 0.431. The Kier molecular flexibility index (Phi) is 17.9. The van der Waals surface area contributed by atoms with E-state index in [1.165, 1.54) is 7.05 Å². The van der Waals surface area contributed by atoms with E-state index in [-0.39, 0.29) is 0 Å². The van der Waals surface area contributed by atoms with Crippen LogP contribution in [0.25, 0.3) is 45.3 Å². The third-order valence-electron chi connectivity index (χ3n) is 5.88. The molecule has 0 atom stereocenters. The van der Waals surface area contributed by atoms with Gasteiger partial charge in [0.25, 0.3) is 0 Å². The molecule has 0 unspecified atom stereocenters. The summed E-state index contributed by atoms with van der Waals surface area (Å²) in [6, 6.07) is 17.8. The largest absolute Gasteiger partial charge is 0.456 e. The predicted octanol–water partition coefficient (Wildman–Crippen LogP) is 8.70. The van der Waals surface area contributed by atoms with Crippen LogP contribution in [0.2, 0.25) is 0 Å². The van der Waals surface area contributed by atoms with Crippen molar-refractivity contribution in [2.45, 2.75) is 75.2 Å². The Balaban J connectivity index is 0.00000153. The fourth-order valence-electron chi connectivity index (χ4n) is 4.19. The van der Waals surface area contributed by atoms with Crippen LogP contribution in [-0.4, -0.2) is 23.2 Å². The fourth-order valence-corrected chi connectivity index (χ4v) is 4.19. The number of aryl methyl sites for hydroxylation is 2. The number of aromatic amines is 1. The summed E-state index contributed by atoms with van der Waals surface area (Å²) in [6.45, 7) is 26.0. The standard InChI is InChI=1S/C27H23N3O2.4C2H6.CH5N/c1-15(2)19-11-18(12-20(14-19)27(28)31)8-7-17-9-10-23-22(13-17)26-25-21(16(3)29-30-26)5-4-6-24(25)32-23;5*1-2/h4-6,9-14,29H,1,3,7-8H2,2H3,(H2,28,31);4*1-2H3;2H2,1H3. The molecule has 0 spiro atoms. The quantitative estimate of drug-likeness (QED) is 0.144. The number of H-pyrrole nitrogens is 1. The lowest BCUT2D eigenvalue weighted by molar-refractivity contribution is 0.1000. The Morgan fingerprint density at radius 1 is 0.810 bits per heavy atom. The molecule has 0 aromatic heterocycles. The van der Waals surface area contributed by atoms with Crippen LogP contribution in [0.15, 0.2) is 65.6 Å². The molecule has 0 saturated heterocycles. The number of benzene rings is 3. The van der Waals surface area contributed by atoms with Crippen molar-refractivity contribution in [3.05, 3.63) is 88.8 Å². The summed E-state index contributed by atoms with van der Waals surface area (Å²) < 4.78 is 6.16. The highest BCUT2D eigenvalue weighted by Crippen LogP contribution is 2.36. The normalized spacial score (nSPS) is 9.40. The second kappa shape index (κ2) is 19.8. The zero-order chi connectivity index (χ0) is 32.4. The maximum absolute atomic E-state index is 11.7. The number of carbonyl (C=O) groups excluding carboxylic acids is 1. The Bertz CT molecular complexity index is 1530. The van der Waals surface area contributed by atoms with E-state index in [4.69, 9.17) is 10.2 Å². The van der Waals surface area contributed by atoms with Crippen LogP contribution in [0.1, 0.15) is 89.4 Å². The number of nitrogens with one attached hydrogen (secondary N) is 1. The van der Waals surface area contributed by atoms with Gasteiger partial charge in [0.05, 0.1) is 10.9 Å². The van der Waals surface area contributed by atoms with Crippen LogP contribution in [0.3, 0.4) is 0 Å². The maximum atomic E-state index is 11.7. The van der Waals surface area contributed by atoms with Gasteiger partial charge < -0.3 is 15.9 Å². The molecule has 5 rings (SSSR count). The number of nitrogens with two attached hydrogens (primary N) is 2. The fraction of sp³-hybridized carbons (Fsp3) is 0.333. The number of hydrogen-bond acceptors (Lipinski definition) is 4. The van der Waals surface area contributed by atoms with E-state index in [9.17, 15) is 4.79 Å². The molecule has 6 nitrogen and oxygen atoms in total. The second-order valence-corrected chi connectivity index (χ2v) is 8.23. The van der Waals surface area contributed by atoms with Crippen molar-refractivity contribution in [1.82, 2.24) is 10.2 Å². The van der Waals surface area contributed by atoms with Crippen LogP contribution < -0.4 is 16.8 Å². The number of nitrogens with zero attached hydrogens (tertiary/aromatic N) is 1. The molecule has 2 heterocycles. The van der Waals surface area contributed by atoms with E-state index in [0.29, 0.717) is 5.56 Å². The number of primary amides is 1. The van der Waals surface area contributed by atoms with Gasteiger partial charge in [0, 0.05) is 16.3 Å². The lowest BCUT2D eigenvalue weighted by atomic mass is 9.96. The van der Waals surface area contributed by atoms with Crippen LogP contribution in [0.4, 0.5) is 0 Å². The summed E-state index contributed by atoms with van der Waals surface area (Å²) in [5.41, 5.74) is 18.0. The summed E-state index contributed by atoms with van der Waals surface area (Å²) in [4.78, 5) is 11.7. The summed E-state index contributed by atoms with van der Waals surface area (Å²) in [5, 5.41) is 10.3. The Hall–Kier alpha value is -4.16. The van der Waals surface area contributed by atoms with Gasteiger partial charge in [-0.15, -0.1) is 0 Å². The molecular weight excluding hydrogens is 520 g/mol. The van der Waals surface area contributed by atoms with Gasteiger partial charge >= 0.3 is 0 Å². The van der Waals surface area contributed by atoms with Gasteiger partial charge in [-0.25, -0.2) is 0 Å². The minimum atomic E-state index is -0.431. The summed E-state index contributed by atoms with van der Waals surface area (Å²) in [5.74, 6) is -0.431. The molecule has 1 amide bonds. The van der Waals surface area contributed by atoms with Crippen molar-refractivity contribution in [3.63, 3.8) is 0 Å². The smallest absolute Gasteiger partial charge is 0.248 e. The zero-order valence-corrected chi connectivity index (χ0v) is 27.4. The monoisotopic (exact) mass is 572 g/mol. The van der Waals surface area contributed by atoms with Crippen LogP contribution in [-0.2, 0) is 12.8 Å². The molecule has 0 radical (unpaired) electrons. The Morgan fingerprint density at radius 3 is 2.00 bits per heavy atom. The number of rotatable bonds is 5. The van der Waals surface area contributed by atoms with Crippen molar-refractivity contribution in [3.8, 4) is 11.3 Å². The van der Waals surface area contributed by atoms with Gasteiger partial charge in [-0.3, -0.25) is 9.89 Å². The Labute approximate surface area is 252 Å². The van der Waals surface area contributed by atoms with E-state index in [1.807, 2.05) is 92.6 Å². The molecule has 2 aliphatic heterocycles. The highest BCUT2D eigenvalue weighted by Gasteiger charge is 2.17. The molecule has 0 aliphatic carbocycles. The van der Waals surface area contributed by atoms with E-state index >= 15 is 0 Å². The first kappa shape index (κ1) is 37.8. The molecule has 0 saturated carbocycles. The van der Waals surface area contributed by atoms with Crippen LogP contribution in [0, 0.1) is 0 Å². The first-order chi connectivity index (χ1) is 20.4. The topological polar surface area (TPSA) is 111 Å². The third-order valence-corrected chi connectivity index (χ3v) is 5.88. The van der Waals surface area contributed by atoms with E-state index in [2.05, 4.69) is 47.3 Å². The summed E-state index contributed by atoms with van der Waals surface area (Å²) >= 11 is 0. The minimum Gasteiger partial charge on any atom is -0.456 e. The zero-order valence-electron chi connectivity index (χ0n) is 27.4. The molecule has 6 heteroatoms. The van der Waals surface area contributed by atoms with Gasteiger partial charge in [0.15, 0.2) is 0 Å². The number of fused-ring (bicyclic) bond motifs is 2. The number of amides is 1. The van der Waals surface area contributed by atoms with Crippen molar-refractivity contribution < 1.29 is 9.21 Å². The highest BCUT2D eigenvalue weighted by molar-refractivity contribution is 6.04. The number of hydrogen-bond donors (Lipinski definition) is 3. The first-order valence-corrected chi connectivity index (χ1v) is 15.1. The van der Waals surface area contributed by atoms with Crippen LogP contribution in [0.5, 0.6) is 0 Å². The van der Waals surface area contributed by atoms with Gasteiger partial charge in [0.1, 0.15) is 16.9 Å². The maximum Gasteiger partial charge on any atom is 0.248 e. The molecular formula is C36H52N4O2. The van der Waals surface area contributed by atoms with Gasteiger partial charge in [-0.05, 0) is 73.8 Å². The molecule has 42 heavy (non-hydrogen) atoms. The molecule has 0 fully saturated rings. The van der Waals surface area contributed by atoms with Crippen molar-refractivity contribution in [1.29, 1.82) is 0 Å². The van der Waals surface area contributed by atoms with Crippen molar-refractivity contribution in [2.75, 3.05) is 7.05 Å². The lowest BCUT2D eigenvalue weighted by Crippen LogP contribution is -2.12. The van der Waals surface area contributed by atoms with Crippen molar-refractivity contribution >= 4 is 40.0 Å². The number of allylic oxidation sites excluding steroid dienone is 1. The average molecular weight is 573 g/mol. The first-order valence-electron chi connectivity index (χ1n) is 15.1. The van der Waals surface area contributed by atoms with E-state index < -0.39 is 5.91 Å². The molecule has 0 bridgehead atoms. The molecule has 2 aliphatic rings. The third kappa shape index (κ3) is 9.18. The molecule has 5 N–H and O–H groups in total. The van der Waals surface area contributed by atoms with Gasteiger partial charge in [0.2, 0.25) is 5.91 Å². The van der Waals surface area contributed by atoms with Gasteiger partial charge in [-0.2, -0.15) is 5.10 Å². The lowest BCUT2D eigenvalue weighted by Gasteiger charge is -2.14.